The monoisotopic (exact) mass is 480 g/mol. The molecule has 1 aromatic carbocycles. The normalized spacial score (nSPS) is 16.6. The molecule has 3 heterocycles. The molecule has 176 valence electrons. The smallest absolute Gasteiger partial charge is 0.318 e. The number of amides is 2. The molecule has 2 aromatic rings. The zero-order chi connectivity index (χ0) is 24.1. The molecule has 10 nitrogen and oxygen atoms in total. The second kappa shape index (κ2) is 10.6. The number of carbonyl (C=O) groups is 1. The summed E-state index contributed by atoms with van der Waals surface area (Å²) in [6.45, 7) is 2.23. The summed E-state index contributed by atoms with van der Waals surface area (Å²) >= 11 is 6.08. The number of aromatic nitrogens is 2. The maximum atomic E-state index is 13.0. The average molecular weight is 481 g/mol. The summed E-state index contributed by atoms with van der Waals surface area (Å²) < 4.78 is 5.39. The Bertz CT molecular complexity index is 1140. The molecule has 4 rings (SSSR count). The van der Waals surface area contributed by atoms with E-state index in [1.54, 1.807) is 11.0 Å². The van der Waals surface area contributed by atoms with Gasteiger partial charge < -0.3 is 31.1 Å². The number of hydrogen-bond donors (Lipinski definition) is 4. The van der Waals surface area contributed by atoms with Gasteiger partial charge in [-0.2, -0.15) is 5.26 Å². The Morgan fingerprint density at radius 3 is 2.88 bits per heavy atom. The van der Waals surface area contributed by atoms with Crippen molar-refractivity contribution in [1.82, 2.24) is 20.2 Å². The highest BCUT2D eigenvalue weighted by Gasteiger charge is 2.26. The lowest BCUT2D eigenvalue weighted by Crippen LogP contribution is -2.50. The molecule has 4 N–H and O–H groups in total. The predicted octanol–water partition coefficient (Wildman–Crippen LogP) is 2.75. The molecule has 0 spiro atoms. The third-order valence-corrected chi connectivity index (χ3v) is 6.26. The van der Waals surface area contributed by atoms with Crippen molar-refractivity contribution in [2.45, 2.75) is 37.9 Å². The molecule has 2 amide bonds. The number of ether oxygens (including phenoxy) is 1. The Hall–Kier alpha value is -3.55. The zero-order valence-corrected chi connectivity index (χ0v) is 19.2. The van der Waals surface area contributed by atoms with Crippen molar-refractivity contribution in [2.75, 3.05) is 25.1 Å². The second-order valence-corrected chi connectivity index (χ2v) is 8.59. The Labute approximate surface area is 202 Å². The molecule has 1 atom stereocenters. The van der Waals surface area contributed by atoms with E-state index in [0.29, 0.717) is 49.8 Å². The fourth-order valence-electron chi connectivity index (χ4n) is 3.94. The van der Waals surface area contributed by atoms with Crippen molar-refractivity contribution in [3.05, 3.63) is 51.8 Å². The first-order chi connectivity index (χ1) is 16.5. The Morgan fingerprint density at radius 1 is 1.38 bits per heavy atom. The zero-order valence-electron chi connectivity index (χ0n) is 18.5. The third-order valence-electron chi connectivity index (χ3n) is 5.94. The standard InChI is InChI=1S/C23H25ClN8O2/c24-18-9-14(1-2-15(18)10-25)21(27)19(11-26)31-23(33)32-6-3-16-12-28-22(30-20(16)13-32)29-17-4-7-34-8-5-17/h1-2,9,11-12,17,19,26-27H,3-8,13H2,(H,31,33)(H,28,29,30). The maximum absolute atomic E-state index is 13.0. The topological polar surface area (TPSA) is 151 Å². The van der Waals surface area contributed by atoms with E-state index in [-0.39, 0.29) is 22.8 Å². The number of nitrogens with zero attached hydrogens (tertiary/aromatic N) is 4. The van der Waals surface area contributed by atoms with E-state index < -0.39 is 6.04 Å². The van der Waals surface area contributed by atoms with Crippen LogP contribution < -0.4 is 10.6 Å². The minimum Gasteiger partial charge on any atom is -0.381 e. The SMILES string of the molecule is N#Cc1ccc(C(=N)C(C=N)NC(=O)N2CCc3cnc(NC4CCOCC4)nc3C2)cc1Cl. The highest BCUT2D eigenvalue weighted by Crippen LogP contribution is 2.20. The highest BCUT2D eigenvalue weighted by atomic mass is 35.5. The summed E-state index contributed by atoms with van der Waals surface area (Å²) in [6, 6.07) is 5.50. The molecule has 11 heteroatoms. The highest BCUT2D eigenvalue weighted by molar-refractivity contribution is 6.32. The average Bonchev–Trinajstić information content (AvgIpc) is 2.86. The third kappa shape index (κ3) is 5.32. The van der Waals surface area contributed by atoms with Gasteiger partial charge in [0.25, 0.3) is 0 Å². The van der Waals surface area contributed by atoms with Crippen LogP contribution in [0.1, 0.15) is 35.2 Å². The van der Waals surface area contributed by atoms with E-state index in [9.17, 15) is 4.79 Å². The molecule has 1 saturated heterocycles. The molecule has 0 radical (unpaired) electrons. The Morgan fingerprint density at radius 2 is 2.18 bits per heavy atom. The molecule has 1 fully saturated rings. The first-order valence-electron chi connectivity index (χ1n) is 11.0. The first-order valence-corrected chi connectivity index (χ1v) is 11.4. The largest absolute Gasteiger partial charge is 0.381 e. The minimum absolute atomic E-state index is 0.0115. The molecule has 0 bridgehead atoms. The number of anilines is 1. The van der Waals surface area contributed by atoms with E-state index in [0.717, 1.165) is 30.3 Å². The fraction of sp³-hybridized carbons (Fsp3) is 0.391. The van der Waals surface area contributed by atoms with Crippen molar-refractivity contribution >= 4 is 35.5 Å². The molecular weight excluding hydrogens is 456 g/mol. The van der Waals surface area contributed by atoms with Crippen molar-refractivity contribution in [3.8, 4) is 6.07 Å². The van der Waals surface area contributed by atoms with Gasteiger partial charge in [-0.25, -0.2) is 14.8 Å². The van der Waals surface area contributed by atoms with E-state index in [1.165, 1.54) is 12.1 Å². The fourth-order valence-corrected chi connectivity index (χ4v) is 4.17. The van der Waals surface area contributed by atoms with Gasteiger partial charge in [0.15, 0.2) is 0 Å². The summed E-state index contributed by atoms with van der Waals surface area (Å²) in [5.41, 5.74) is 2.53. The number of rotatable bonds is 6. The molecule has 0 saturated carbocycles. The number of urea groups is 1. The molecular formula is C23H25ClN8O2. The van der Waals surface area contributed by atoms with Crippen LogP contribution in [0.3, 0.4) is 0 Å². The number of benzene rings is 1. The van der Waals surface area contributed by atoms with Gasteiger partial charge in [-0.1, -0.05) is 17.7 Å². The van der Waals surface area contributed by atoms with E-state index in [4.69, 9.17) is 32.4 Å². The van der Waals surface area contributed by atoms with Crippen molar-refractivity contribution < 1.29 is 9.53 Å². The summed E-state index contributed by atoms with van der Waals surface area (Å²) in [6.07, 6.45) is 5.23. The van der Waals surface area contributed by atoms with Gasteiger partial charge in [0, 0.05) is 38.2 Å². The molecule has 0 aliphatic carbocycles. The molecule has 1 aromatic heterocycles. The molecule has 1 unspecified atom stereocenters. The Balaban J connectivity index is 1.41. The lowest BCUT2D eigenvalue weighted by molar-refractivity contribution is 0.0903. The molecule has 34 heavy (non-hydrogen) atoms. The van der Waals surface area contributed by atoms with Gasteiger partial charge in [-0.15, -0.1) is 0 Å². The lowest BCUT2D eigenvalue weighted by atomic mass is 10.0. The number of hydrogen-bond acceptors (Lipinski definition) is 8. The summed E-state index contributed by atoms with van der Waals surface area (Å²) in [5.74, 6) is 0.546. The summed E-state index contributed by atoms with van der Waals surface area (Å²) in [4.78, 5) is 23.6. The molecule has 2 aliphatic heterocycles. The van der Waals surface area contributed by atoms with Crippen LogP contribution in [-0.2, 0) is 17.7 Å². The van der Waals surface area contributed by atoms with Crippen LogP contribution in [0.5, 0.6) is 0 Å². The van der Waals surface area contributed by atoms with Gasteiger partial charge in [0.1, 0.15) is 12.1 Å². The quantitative estimate of drug-likeness (QED) is 0.466. The number of nitrogens with one attached hydrogen (secondary N) is 4. The number of carbonyl (C=O) groups excluding carboxylic acids is 1. The summed E-state index contributed by atoms with van der Waals surface area (Å²) in [5, 5.41) is 31.5. The van der Waals surface area contributed by atoms with Crippen molar-refractivity contribution in [3.63, 3.8) is 0 Å². The lowest BCUT2D eigenvalue weighted by Gasteiger charge is -2.30. The van der Waals surface area contributed by atoms with Crippen LogP contribution in [0.25, 0.3) is 0 Å². The van der Waals surface area contributed by atoms with Crippen LogP contribution >= 0.6 is 11.6 Å². The number of nitriles is 1. The van der Waals surface area contributed by atoms with Gasteiger partial charge in [-0.05, 0) is 42.5 Å². The predicted molar refractivity (Wildman–Crippen MR) is 128 cm³/mol. The Kier molecular flexibility index (Phi) is 7.35. The second-order valence-electron chi connectivity index (χ2n) is 8.18. The van der Waals surface area contributed by atoms with Gasteiger partial charge in [-0.3, -0.25) is 0 Å². The van der Waals surface area contributed by atoms with E-state index >= 15 is 0 Å². The van der Waals surface area contributed by atoms with Crippen molar-refractivity contribution in [2.24, 2.45) is 0 Å². The van der Waals surface area contributed by atoms with Crippen LogP contribution in [0.4, 0.5) is 10.7 Å². The maximum Gasteiger partial charge on any atom is 0.318 e. The summed E-state index contributed by atoms with van der Waals surface area (Å²) in [7, 11) is 0. The van der Waals surface area contributed by atoms with Crippen LogP contribution in [0.2, 0.25) is 5.02 Å². The minimum atomic E-state index is -0.936. The van der Waals surface area contributed by atoms with Crippen LogP contribution in [0, 0.1) is 22.1 Å². The van der Waals surface area contributed by atoms with E-state index in [1.807, 2.05) is 12.3 Å². The number of halogens is 1. The van der Waals surface area contributed by atoms with Crippen molar-refractivity contribution in [1.29, 1.82) is 16.1 Å². The first kappa shape index (κ1) is 23.6. The van der Waals surface area contributed by atoms with Gasteiger partial charge in [0.05, 0.1) is 28.5 Å². The van der Waals surface area contributed by atoms with Crippen LogP contribution in [0.15, 0.2) is 24.4 Å². The van der Waals surface area contributed by atoms with Crippen LogP contribution in [-0.4, -0.2) is 64.7 Å². The molecule has 2 aliphatic rings. The van der Waals surface area contributed by atoms with E-state index in [2.05, 4.69) is 20.6 Å². The van der Waals surface area contributed by atoms with Gasteiger partial charge >= 0.3 is 6.03 Å². The van der Waals surface area contributed by atoms with Gasteiger partial charge in [0.2, 0.25) is 5.95 Å². The number of fused-ring (bicyclic) bond motifs is 1.